The van der Waals surface area contributed by atoms with Crippen LogP contribution in [0.25, 0.3) is 0 Å². The van der Waals surface area contributed by atoms with Crippen molar-refractivity contribution in [3.8, 4) is 12.3 Å². The van der Waals surface area contributed by atoms with Gasteiger partial charge in [-0.15, -0.1) is 6.42 Å². The molecule has 0 aliphatic rings. The van der Waals surface area contributed by atoms with Crippen molar-refractivity contribution < 1.29 is 9.21 Å². The van der Waals surface area contributed by atoms with E-state index in [2.05, 4.69) is 26.8 Å². The zero-order chi connectivity index (χ0) is 11.8. The van der Waals surface area contributed by atoms with E-state index >= 15 is 0 Å². The molecule has 3 nitrogen and oxygen atoms in total. The summed E-state index contributed by atoms with van der Waals surface area (Å²) in [7, 11) is 0. The van der Waals surface area contributed by atoms with Crippen LogP contribution in [0, 0.1) is 12.3 Å². The van der Waals surface area contributed by atoms with E-state index in [0.29, 0.717) is 11.1 Å². The van der Waals surface area contributed by atoms with Gasteiger partial charge in [-0.25, -0.2) is 4.98 Å². The Labute approximate surface area is 102 Å². The van der Waals surface area contributed by atoms with Gasteiger partial charge >= 0.3 is 0 Å². The monoisotopic (exact) mass is 279 g/mol. The Balaban J connectivity index is 2.50. The molecule has 82 valence electrons. The van der Waals surface area contributed by atoms with Gasteiger partial charge in [0, 0.05) is 6.42 Å². The van der Waals surface area contributed by atoms with E-state index < -0.39 is 0 Å². The predicted octanol–water partition coefficient (Wildman–Crippen LogP) is 2.89. The van der Waals surface area contributed by atoms with Crippen LogP contribution in [0.2, 0.25) is 0 Å². The number of Topliss-reactive ketones (excluding diaryl/α,β-unsaturated/α-hetero) is 1. The molecule has 1 aromatic rings. The Morgan fingerprint density at radius 2 is 2.44 bits per heavy atom. The standard InChI is InChI=1S/C12H10BrNO2/c1-2-3-4-5-6-7-11(15)12-14-9-10(8-13)16-12/h1,3-6,9H,7-8H2/b4-3-,6-5-. The van der Waals surface area contributed by atoms with Crippen molar-refractivity contribution in [1.29, 1.82) is 0 Å². The van der Waals surface area contributed by atoms with Gasteiger partial charge in [0.15, 0.2) is 0 Å². The molecule has 0 N–H and O–H groups in total. The highest BCUT2D eigenvalue weighted by atomic mass is 79.9. The second-order valence-electron chi connectivity index (χ2n) is 2.85. The van der Waals surface area contributed by atoms with Crippen molar-refractivity contribution in [2.75, 3.05) is 0 Å². The number of allylic oxidation sites excluding steroid dienone is 4. The Bertz CT molecular complexity index is 452. The lowest BCUT2D eigenvalue weighted by Crippen LogP contribution is -1.96. The average molecular weight is 280 g/mol. The summed E-state index contributed by atoms with van der Waals surface area (Å²) in [5.41, 5.74) is 0. The minimum absolute atomic E-state index is 0.139. The van der Waals surface area contributed by atoms with Crippen molar-refractivity contribution >= 4 is 21.7 Å². The van der Waals surface area contributed by atoms with Crippen LogP contribution in [-0.2, 0) is 5.33 Å². The van der Waals surface area contributed by atoms with E-state index in [1.165, 1.54) is 6.20 Å². The summed E-state index contributed by atoms with van der Waals surface area (Å²) in [5, 5.41) is 0.550. The van der Waals surface area contributed by atoms with Crippen LogP contribution in [-0.4, -0.2) is 10.8 Å². The number of hydrogen-bond acceptors (Lipinski definition) is 3. The Morgan fingerprint density at radius 3 is 3.06 bits per heavy atom. The summed E-state index contributed by atoms with van der Waals surface area (Å²) < 4.78 is 5.18. The van der Waals surface area contributed by atoms with Gasteiger partial charge < -0.3 is 4.42 Å². The topological polar surface area (TPSA) is 43.1 Å². The molecule has 16 heavy (non-hydrogen) atoms. The number of alkyl halides is 1. The van der Waals surface area contributed by atoms with Crippen LogP contribution in [0.1, 0.15) is 22.9 Å². The lowest BCUT2D eigenvalue weighted by molar-refractivity contribution is 0.0961. The second kappa shape index (κ2) is 6.81. The van der Waals surface area contributed by atoms with Gasteiger partial charge in [-0.2, -0.15) is 0 Å². The molecule has 0 spiro atoms. The third-order valence-corrected chi connectivity index (χ3v) is 2.22. The summed E-state index contributed by atoms with van der Waals surface area (Å²) >= 11 is 3.21. The Morgan fingerprint density at radius 1 is 1.62 bits per heavy atom. The van der Waals surface area contributed by atoms with Gasteiger partial charge in [0.2, 0.25) is 5.78 Å². The molecule has 0 bridgehead atoms. The average Bonchev–Trinajstić information content (AvgIpc) is 2.77. The van der Waals surface area contributed by atoms with E-state index in [4.69, 9.17) is 10.8 Å². The zero-order valence-corrected chi connectivity index (χ0v) is 10.1. The summed E-state index contributed by atoms with van der Waals surface area (Å²) in [6.45, 7) is 0. The molecule has 4 heteroatoms. The minimum atomic E-state index is -0.155. The number of rotatable bonds is 5. The molecule has 0 amide bonds. The van der Waals surface area contributed by atoms with Crippen molar-refractivity contribution in [3.63, 3.8) is 0 Å². The molecular weight excluding hydrogens is 270 g/mol. The number of ketones is 1. The summed E-state index contributed by atoms with van der Waals surface area (Å²) in [4.78, 5) is 15.4. The molecule has 0 atom stereocenters. The fourth-order valence-corrected chi connectivity index (χ4v) is 1.21. The summed E-state index contributed by atoms with van der Waals surface area (Å²) in [6, 6.07) is 0. The number of hydrogen-bond donors (Lipinski definition) is 0. The fourth-order valence-electron chi connectivity index (χ4n) is 0.950. The van der Waals surface area contributed by atoms with Crippen LogP contribution in [0.5, 0.6) is 0 Å². The number of carbonyl (C=O) groups is 1. The van der Waals surface area contributed by atoms with E-state index in [9.17, 15) is 4.79 Å². The van der Waals surface area contributed by atoms with Gasteiger partial charge in [0.25, 0.3) is 5.89 Å². The molecule has 0 saturated heterocycles. The lowest BCUT2D eigenvalue weighted by atomic mass is 10.2. The fraction of sp³-hybridized carbons (Fsp3) is 0.167. The molecular formula is C12H10BrNO2. The molecule has 1 heterocycles. The molecule has 0 aromatic carbocycles. The maximum atomic E-state index is 11.5. The maximum absolute atomic E-state index is 11.5. The summed E-state index contributed by atoms with van der Waals surface area (Å²) in [5.74, 6) is 2.97. The molecule has 0 unspecified atom stereocenters. The zero-order valence-electron chi connectivity index (χ0n) is 8.52. The van der Waals surface area contributed by atoms with Gasteiger partial charge in [-0.05, 0) is 6.08 Å². The van der Waals surface area contributed by atoms with Crippen molar-refractivity contribution in [2.24, 2.45) is 0 Å². The van der Waals surface area contributed by atoms with Crippen molar-refractivity contribution in [1.82, 2.24) is 4.98 Å². The summed E-state index contributed by atoms with van der Waals surface area (Å²) in [6.07, 6.45) is 13.4. The number of nitrogens with zero attached hydrogens (tertiary/aromatic N) is 1. The van der Waals surface area contributed by atoms with Crippen LogP contribution >= 0.6 is 15.9 Å². The highest BCUT2D eigenvalue weighted by molar-refractivity contribution is 9.08. The van der Waals surface area contributed by atoms with E-state index in [1.807, 2.05) is 0 Å². The molecule has 1 aromatic heterocycles. The molecule has 0 aliphatic heterocycles. The van der Waals surface area contributed by atoms with Gasteiger partial charge in [0.05, 0.1) is 11.5 Å². The third-order valence-electron chi connectivity index (χ3n) is 1.67. The number of carbonyl (C=O) groups excluding carboxylic acids is 1. The smallest absolute Gasteiger partial charge is 0.263 e. The van der Waals surface area contributed by atoms with Gasteiger partial charge in [-0.3, -0.25) is 4.79 Å². The van der Waals surface area contributed by atoms with E-state index in [0.717, 1.165) is 0 Å². The first-order valence-corrected chi connectivity index (χ1v) is 5.71. The first-order valence-electron chi connectivity index (χ1n) is 4.59. The maximum Gasteiger partial charge on any atom is 0.263 e. The highest BCUT2D eigenvalue weighted by Crippen LogP contribution is 2.09. The quantitative estimate of drug-likeness (QED) is 0.360. The predicted molar refractivity (Wildman–Crippen MR) is 65.2 cm³/mol. The number of oxazole rings is 1. The van der Waals surface area contributed by atoms with Crippen molar-refractivity contribution in [2.45, 2.75) is 11.8 Å². The molecule has 1 rings (SSSR count). The van der Waals surface area contributed by atoms with Crippen LogP contribution < -0.4 is 0 Å². The second-order valence-corrected chi connectivity index (χ2v) is 3.41. The normalized spacial score (nSPS) is 11.0. The molecule has 0 aliphatic carbocycles. The molecule has 0 saturated carbocycles. The molecule has 0 radical (unpaired) electrons. The minimum Gasteiger partial charge on any atom is -0.438 e. The Kier molecular flexibility index (Phi) is 5.30. The highest BCUT2D eigenvalue weighted by Gasteiger charge is 2.10. The Hall–Kier alpha value is -1.60. The van der Waals surface area contributed by atoms with Crippen LogP contribution in [0.3, 0.4) is 0 Å². The van der Waals surface area contributed by atoms with Gasteiger partial charge in [-0.1, -0.05) is 40.1 Å². The SMILES string of the molecule is C#C/C=C\C=C/CC(=O)c1ncc(CBr)o1. The number of terminal acetylenes is 1. The largest absolute Gasteiger partial charge is 0.438 e. The van der Waals surface area contributed by atoms with Crippen LogP contribution in [0.15, 0.2) is 34.9 Å². The molecule has 0 fully saturated rings. The first kappa shape index (κ1) is 12.5. The lowest BCUT2D eigenvalue weighted by Gasteiger charge is -1.89. The third kappa shape index (κ3) is 3.87. The number of halogens is 1. The van der Waals surface area contributed by atoms with Crippen LogP contribution in [0.4, 0.5) is 0 Å². The van der Waals surface area contributed by atoms with E-state index in [-0.39, 0.29) is 18.1 Å². The van der Waals surface area contributed by atoms with Crippen molar-refractivity contribution in [3.05, 3.63) is 42.2 Å². The van der Waals surface area contributed by atoms with Gasteiger partial charge in [0.1, 0.15) is 5.76 Å². The first-order chi connectivity index (χ1) is 7.77. The van der Waals surface area contributed by atoms with E-state index in [1.54, 1.807) is 24.3 Å². The number of aromatic nitrogens is 1.